The summed E-state index contributed by atoms with van der Waals surface area (Å²) in [4.78, 5) is 2.77. The van der Waals surface area contributed by atoms with E-state index in [0.717, 1.165) is 5.92 Å². The van der Waals surface area contributed by atoms with E-state index in [1.54, 1.807) is 0 Å². The molecule has 0 aromatic carbocycles. The molecule has 0 bridgehead atoms. The van der Waals surface area contributed by atoms with E-state index in [-0.39, 0.29) is 0 Å². The van der Waals surface area contributed by atoms with Crippen molar-refractivity contribution >= 4 is 15.9 Å². The molecule has 0 radical (unpaired) electrons. The van der Waals surface area contributed by atoms with Crippen LogP contribution in [0.3, 0.4) is 0 Å². The molecular weight excluding hydrogens is 298 g/mol. The van der Waals surface area contributed by atoms with Gasteiger partial charge in [-0.3, -0.25) is 0 Å². The molecule has 1 aliphatic heterocycles. The van der Waals surface area contributed by atoms with Crippen LogP contribution in [0, 0.1) is 16.7 Å². The van der Waals surface area contributed by atoms with E-state index in [1.165, 1.54) is 69.9 Å². The summed E-state index contributed by atoms with van der Waals surface area (Å²) >= 11 is 3.84. The van der Waals surface area contributed by atoms with Crippen LogP contribution in [0.4, 0.5) is 0 Å². The fourth-order valence-electron chi connectivity index (χ4n) is 3.97. The first-order valence-corrected chi connectivity index (χ1v) is 9.36. The van der Waals surface area contributed by atoms with Crippen molar-refractivity contribution in [3.05, 3.63) is 0 Å². The molecule has 0 spiro atoms. The predicted octanol–water partition coefficient (Wildman–Crippen LogP) is 5.09. The van der Waals surface area contributed by atoms with Crippen molar-refractivity contribution in [2.45, 2.75) is 65.7 Å². The topological polar surface area (TPSA) is 3.24 Å². The largest absolute Gasteiger partial charge is 0.302 e. The second-order valence-corrected chi connectivity index (χ2v) is 8.70. The molecule has 112 valence electrons. The monoisotopic (exact) mass is 329 g/mol. The molecule has 0 aromatic rings. The van der Waals surface area contributed by atoms with Crippen molar-refractivity contribution in [2.75, 3.05) is 25.0 Å². The number of hydrogen-bond acceptors (Lipinski definition) is 1. The molecule has 2 fully saturated rings. The van der Waals surface area contributed by atoms with Gasteiger partial charge in [0, 0.05) is 18.4 Å². The Hall–Kier alpha value is 0.440. The van der Waals surface area contributed by atoms with Crippen molar-refractivity contribution in [1.29, 1.82) is 0 Å². The van der Waals surface area contributed by atoms with Gasteiger partial charge < -0.3 is 4.90 Å². The van der Waals surface area contributed by atoms with Crippen LogP contribution in [0.15, 0.2) is 0 Å². The van der Waals surface area contributed by atoms with Gasteiger partial charge in [0.25, 0.3) is 0 Å². The standard InChI is InChI=1S/C17H32BrN/c1-16(2,3)15-8-11-19(12-15)14-17(13-18)9-6-4-5-7-10-17/h15H,4-14H2,1-3H3. The van der Waals surface area contributed by atoms with Crippen LogP contribution >= 0.6 is 15.9 Å². The van der Waals surface area contributed by atoms with E-state index in [1.807, 2.05) is 0 Å². The lowest BCUT2D eigenvalue weighted by Crippen LogP contribution is -2.38. The fourth-order valence-corrected chi connectivity index (χ4v) is 4.71. The molecule has 1 saturated heterocycles. The second-order valence-electron chi connectivity index (χ2n) is 8.13. The molecule has 0 N–H and O–H groups in total. The highest BCUT2D eigenvalue weighted by atomic mass is 79.9. The molecule has 19 heavy (non-hydrogen) atoms. The van der Waals surface area contributed by atoms with Gasteiger partial charge in [0.1, 0.15) is 0 Å². The van der Waals surface area contributed by atoms with Crippen LogP contribution in [-0.4, -0.2) is 29.9 Å². The first-order valence-electron chi connectivity index (χ1n) is 8.24. The molecule has 1 unspecified atom stereocenters. The van der Waals surface area contributed by atoms with E-state index >= 15 is 0 Å². The Morgan fingerprint density at radius 3 is 2.21 bits per heavy atom. The van der Waals surface area contributed by atoms with E-state index in [4.69, 9.17) is 0 Å². The van der Waals surface area contributed by atoms with Gasteiger partial charge in [-0.2, -0.15) is 0 Å². The number of nitrogens with zero attached hydrogens (tertiary/aromatic N) is 1. The fraction of sp³-hybridized carbons (Fsp3) is 1.00. The third-order valence-electron chi connectivity index (χ3n) is 5.50. The zero-order chi connectivity index (χ0) is 13.9. The van der Waals surface area contributed by atoms with Gasteiger partial charge in [0.2, 0.25) is 0 Å². The Kier molecular flexibility index (Phi) is 5.39. The zero-order valence-electron chi connectivity index (χ0n) is 13.2. The molecule has 1 atom stereocenters. The lowest BCUT2D eigenvalue weighted by atomic mass is 9.80. The van der Waals surface area contributed by atoms with E-state index < -0.39 is 0 Å². The van der Waals surface area contributed by atoms with Crippen LogP contribution in [0.2, 0.25) is 0 Å². The molecular formula is C17H32BrN. The van der Waals surface area contributed by atoms with Gasteiger partial charge >= 0.3 is 0 Å². The molecule has 1 saturated carbocycles. The smallest absolute Gasteiger partial charge is 0.0100 e. The number of hydrogen-bond donors (Lipinski definition) is 0. The summed E-state index contributed by atoms with van der Waals surface area (Å²) in [6.45, 7) is 11.2. The normalized spacial score (nSPS) is 29.4. The minimum Gasteiger partial charge on any atom is -0.302 e. The Morgan fingerprint density at radius 1 is 1.11 bits per heavy atom. The SMILES string of the molecule is CC(C)(C)C1CCN(CC2(CBr)CCCCCC2)C1. The molecule has 2 aliphatic rings. The van der Waals surface area contributed by atoms with Gasteiger partial charge in [-0.05, 0) is 42.6 Å². The molecule has 2 heteroatoms. The van der Waals surface area contributed by atoms with Crippen molar-refractivity contribution in [3.8, 4) is 0 Å². The van der Waals surface area contributed by atoms with Crippen LogP contribution in [-0.2, 0) is 0 Å². The highest BCUT2D eigenvalue weighted by molar-refractivity contribution is 9.09. The summed E-state index contributed by atoms with van der Waals surface area (Å²) in [6, 6.07) is 0. The quantitative estimate of drug-likeness (QED) is 0.515. The lowest BCUT2D eigenvalue weighted by Gasteiger charge is -2.36. The summed E-state index contributed by atoms with van der Waals surface area (Å²) < 4.78 is 0. The zero-order valence-corrected chi connectivity index (χ0v) is 14.8. The van der Waals surface area contributed by atoms with Crippen molar-refractivity contribution in [1.82, 2.24) is 4.90 Å². The maximum absolute atomic E-state index is 3.84. The second kappa shape index (κ2) is 6.47. The Bertz CT molecular complexity index is 273. The molecule has 1 nitrogen and oxygen atoms in total. The molecule has 0 aromatic heterocycles. The maximum atomic E-state index is 3.84. The minimum atomic E-state index is 0.486. The van der Waals surface area contributed by atoms with E-state index in [9.17, 15) is 0 Å². The summed E-state index contributed by atoms with van der Waals surface area (Å²) in [6.07, 6.45) is 10.1. The molecule has 1 aliphatic carbocycles. The van der Waals surface area contributed by atoms with E-state index in [0.29, 0.717) is 10.8 Å². The number of likely N-dealkylation sites (tertiary alicyclic amines) is 1. The van der Waals surface area contributed by atoms with Gasteiger partial charge in [-0.1, -0.05) is 62.4 Å². The molecule has 1 heterocycles. The molecule has 2 rings (SSSR count). The van der Waals surface area contributed by atoms with Crippen LogP contribution < -0.4 is 0 Å². The number of rotatable bonds is 3. The van der Waals surface area contributed by atoms with Crippen molar-refractivity contribution in [3.63, 3.8) is 0 Å². The van der Waals surface area contributed by atoms with Crippen LogP contribution in [0.1, 0.15) is 65.7 Å². The Morgan fingerprint density at radius 2 is 1.74 bits per heavy atom. The average Bonchev–Trinajstić information content (AvgIpc) is 2.69. The molecule has 0 amide bonds. The Labute approximate surface area is 128 Å². The van der Waals surface area contributed by atoms with Gasteiger partial charge in [-0.15, -0.1) is 0 Å². The van der Waals surface area contributed by atoms with Crippen molar-refractivity contribution < 1.29 is 0 Å². The average molecular weight is 330 g/mol. The third kappa shape index (κ3) is 4.20. The minimum absolute atomic E-state index is 0.486. The van der Waals surface area contributed by atoms with Gasteiger partial charge in [0.05, 0.1) is 0 Å². The van der Waals surface area contributed by atoms with Crippen LogP contribution in [0.5, 0.6) is 0 Å². The summed E-state index contributed by atoms with van der Waals surface area (Å²) in [5.74, 6) is 0.894. The summed E-state index contributed by atoms with van der Waals surface area (Å²) in [5, 5.41) is 1.21. The third-order valence-corrected chi connectivity index (χ3v) is 6.69. The highest BCUT2D eigenvalue weighted by Gasteiger charge is 2.37. The lowest BCUT2D eigenvalue weighted by molar-refractivity contribution is 0.157. The van der Waals surface area contributed by atoms with Gasteiger partial charge in [0.15, 0.2) is 0 Å². The highest BCUT2D eigenvalue weighted by Crippen LogP contribution is 2.40. The van der Waals surface area contributed by atoms with E-state index in [2.05, 4.69) is 41.6 Å². The van der Waals surface area contributed by atoms with Gasteiger partial charge in [-0.25, -0.2) is 0 Å². The van der Waals surface area contributed by atoms with Crippen molar-refractivity contribution in [2.24, 2.45) is 16.7 Å². The Balaban J connectivity index is 1.92. The summed E-state index contributed by atoms with van der Waals surface area (Å²) in [7, 11) is 0. The first-order chi connectivity index (χ1) is 8.95. The van der Waals surface area contributed by atoms with Crippen LogP contribution in [0.25, 0.3) is 0 Å². The predicted molar refractivity (Wildman–Crippen MR) is 87.9 cm³/mol. The number of halogens is 1. The first kappa shape index (κ1) is 15.8. The summed E-state index contributed by atoms with van der Waals surface area (Å²) in [5.41, 5.74) is 1.06. The number of alkyl halides is 1. The maximum Gasteiger partial charge on any atom is 0.0100 e.